The van der Waals surface area contributed by atoms with Gasteiger partial charge in [0.05, 0.1) is 24.0 Å². The molecule has 2 atom stereocenters. The summed E-state index contributed by atoms with van der Waals surface area (Å²) in [6, 6.07) is 3.38. The van der Waals surface area contributed by atoms with Crippen LogP contribution in [0.1, 0.15) is 75.0 Å². The molecule has 2 bridgehead atoms. The summed E-state index contributed by atoms with van der Waals surface area (Å²) in [5, 5.41) is -0.527. The molecule has 2 fully saturated rings. The van der Waals surface area contributed by atoms with E-state index < -0.39 is 15.3 Å². The fourth-order valence-electron chi connectivity index (χ4n) is 5.48. The van der Waals surface area contributed by atoms with Crippen LogP contribution in [0, 0.1) is 13.8 Å². The van der Waals surface area contributed by atoms with Crippen molar-refractivity contribution >= 4 is 15.9 Å². The van der Waals surface area contributed by atoms with E-state index in [0.717, 1.165) is 37.9 Å². The SMILES string of the molecule is Cc1ccc2c(c1C)C1CCC(CC1)OC[C@H]1[C@@H](NS(=O)(=O)C(C)C)CCCN1C(=O)CO2. The van der Waals surface area contributed by atoms with Gasteiger partial charge in [0, 0.05) is 18.2 Å². The van der Waals surface area contributed by atoms with Gasteiger partial charge < -0.3 is 14.4 Å². The first-order valence-corrected chi connectivity index (χ1v) is 13.9. The Morgan fingerprint density at radius 3 is 2.52 bits per heavy atom. The van der Waals surface area contributed by atoms with Gasteiger partial charge in [-0.15, -0.1) is 0 Å². The van der Waals surface area contributed by atoms with Crippen molar-refractivity contribution in [1.82, 2.24) is 9.62 Å². The van der Waals surface area contributed by atoms with Crippen LogP contribution < -0.4 is 9.46 Å². The number of aryl methyl sites for hydroxylation is 1. The first-order valence-electron chi connectivity index (χ1n) is 12.3. The number of amides is 1. The first kappa shape index (κ1) is 24.5. The van der Waals surface area contributed by atoms with Crippen molar-refractivity contribution in [1.29, 1.82) is 0 Å². The van der Waals surface area contributed by atoms with E-state index in [1.807, 2.05) is 6.07 Å². The Morgan fingerprint density at radius 1 is 1.09 bits per heavy atom. The number of hydrogen-bond donors (Lipinski definition) is 1. The van der Waals surface area contributed by atoms with Gasteiger partial charge in [0.15, 0.2) is 6.61 Å². The quantitative estimate of drug-likeness (QED) is 0.720. The summed E-state index contributed by atoms with van der Waals surface area (Å²) in [4.78, 5) is 15.1. The molecule has 1 aromatic carbocycles. The Hall–Kier alpha value is -1.64. The maximum absolute atomic E-state index is 13.3. The maximum atomic E-state index is 13.3. The molecular weight excluding hydrogens is 440 g/mol. The van der Waals surface area contributed by atoms with E-state index in [1.54, 1.807) is 18.7 Å². The highest BCUT2D eigenvalue weighted by Crippen LogP contribution is 2.41. The zero-order valence-corrected chi connectivity index (χ0v) is 21.1. The summed E-state index contributed by atoms with van der Waals surface area (Å²) in [6.07, 6.45) is 5.54. The highest BCUT2D eigenvalue weighted by molar-refractivity contribution is 7.90. The Balaban J connectivity index is 1.63. The molecule has 33 heavy (non-hydrogen) atoms. The van der Waals surface area contributed by atoms with Gasteiger partial charge in [-0.3, -0.25) is 4.79 Å². The fourth-order valence-corrected chi connectivity index (χ4v) is 6.45. The van der Waals surface area contributed by atoms with Crippen molar-refractivity contribution in [2.24, 2.45) is 0 Å². The van der Waals surface area contributed by atoms with E-state index in [0.29, 0.717) is 25.5 Å². The molecule has 0 radical (unpaired) electrons. The highest BCUT2D eigenvalue weighted by atomic mass is 32.2. The predicted octanol–water partition coefficient (Wildman–Crippen LogP) is 3.43. The summed E-state index contributed by atoms with van der Waals surface area (Å²) in [5.41, 5.74) is 3.72. The second-order valence-electron chi connectivity index (χ2n) is 10.1. The summed E-state index contributed by atoms with van der Waals surface area (Å²) >= 11 is 0. The molecule has 0 aromatic heterocycles. The summed E-state index contributed by atoms with van der Waals surface area (Å²) in [6.45, 7) is 8.48. The number of piperidine rings is 1. The van der Waals surface area contributed by atoms with Crippen molar-refractivity contribution < 1.29 is 22.7 Å². The minimum Gasteiger partial charge on any atom is -0.483 e. The molecule has 1 saturated heterocycles. The second-order valence-corrected chi connectivity index (χ2v) is 12.4. The third kappa shape index (κ3) is 5.23. The largest absolute Gasteiger partial charge is 0.483 e. The topological polar surface area (TPSA) is 84.9 Å². The monoisotopic (exact) mass is 478 g/mol. The average molecular weight is 479 g/mol. The van der Waals surface area contributed by atoms with Crippen LogP contribution in [0.2, 0.25) is 0 Å². The van der Waals surface area contributed by atoms with Crippen LogP contribution in [-0.2, 0) is 19.6 Å². The van der Waals surface area contributed by atoms with E-state index in [4.69, 9.17) is 9.47 Å². The van der Waals surface area contributed by atoms with Crippen LogP contribution in [0.15, 0.2) is 12.1 Å². The lowest BCUT2D eigenvalue weighted by Gasteiger charge is -2.42. The Kier molecular flexibility index (Phi) is 7.36. The number of fused-ring (bicyclic) bond motifs is 5. The van der Waals surface area contributed by atoms with Gasteiger partial charge in [-0.05, 0) is 89.3 Å². The molecule has 1 aromatic rings. The molecule has 0 spiro atoms. The van der Waals surface area contributed by atoms with Gasteiger partial charge in [0.2, 0.25) is 10.0 Å². The van der Waals surface area contributed by atoms with Gasteiger partial charge in [-0.25, -0.2) is 13.1 Å². The number of ether oxygens (including phenoxy) is 2. The number of carbonyl (C=O) groups excluding carboxylic acids is 1. The van der Waals surface area contributed by atoms with Crippen LogP contribution in [0.5, 0.6) is 5.75 Å². The Bertz CT molecular complexity index is 969. The number of carbonyl (C=O) groups is 1. The number of nitrogens with zero attached hydrogens (tertiary/aromatic N) is 1. The lowest BCUT2D eigenvalue weighted by Crippen LogP contribution is -2.60. The van der Waals surface area contributed by atoms with Gasteiger partial charge in [-0.1, -0.05) is 6.07 Å². The second kappa shape index (κ2) is 9.92. The average Bonchev–Trinajstić information content (AvgIpc) is 2.80. The standard InChI is InChI=1S/C25H38N2O5S/c1-16(2)33(29,30)26-21-6-5-13-27-22(21)14-31-20-10-8-19(9-11-20)25-18(4)17(3)7-12-23(25)32-15-24(27)28/h7,12,16,19-22,26H,5-6,8-11,13-15H2,1-4H3/t19?,20?,21-,22-/m0/s1. The summed E-state index contributed by atoms with van der Waals surface area (Å²) in [7, 11) is -3.46. The molecule has 4 aliphatic rings. The third-order valence-electron chi connectivity index (χ3n) is 7.72. The molecule has 1 amide bonds. The van der Waals surface area contributed by atoms with Crippen LogP contribution in [0.3, 0.4) is 0 Å². The summed E-state index contributed by atoms with van der Waals surface area (Å²) in [5.74, 6) is 1.09. The van der Waals surface area contributed by atoms with Crippen LogP contribution in [0.4, 0.5) is 0 Å². The number of hydrogen-bond acceptors (Lipinski definition) is 5. The lowest BCUT2D eigenvalue weighted by atomic mass is 9.80. The summed E-state index contributed by atoms with van der Waals surface area (Å²) < 4.78 is 40.6. The molecule has 0 unspecified atom stereocenters. The molecule has 3 aliphatic heterocycles. The van der Waals surface area contributed by atoms with Crippen molar-refractivity contribution in [3.63, 3.8) is 0 Å². The van der Waals surface area contributed by atoms with E-state index in [2.05, 4.69) is 24.6 Å². The molecule has 1 aliphatic carbocycles. The smallest absolute Gasteiger partial charge is 0.260 e. The minimum atomic E-state index is -3.46. The van der Waals surface area contributed by atoms with E-state index in [-0.39, 0.29) is 30.7 Å². The van der Waals surface area contributed by atoms with E-state index in [1.165, 1.54) is 16.7 Å². The van der Waals surface area contributed by atoms with Crippen LogP contribution >= 0.6 is 0 Å². The molecular formula is C25H38N2O5S. The van der Waals surface area contributed by atoms with Crippen molar-refractivity contribution in [2.45, 2.75) is 95.6 Å². The van der Waals surface area contributed by atoms with Gasteiger partial charge >= 0.3 is 0 Å². The maximum Gasteiger partial charge on any atom is 0.260 e. The van der Waals surface area contributed by atoms with Crippen LogP contribution in [-0.4, -0.2) is 62.4 Å². The first-order chi connectivity index (χ1) is 15.7. The molecule has 8 heteroatoms. The van der Waals surface area contributed by atoms with Gasteiger partial charge in [-0.2, -0.15) is 0 Å². The Labute approximate surface area is 198 Å². The van der Waals surface area contributed by atoms with Crippen LogP contribution in [0.25, 0.3) is 0 Å². The third-order valence-corrected chi connectivity index (χ3v) is 9.59. The highest BCUT2D eigenvalue weighted by Gasteiger charge is 2.38. The van der Waals surface area contributed by atoms with Crippen molar-refractivity contribution in [3.8, 4) is 5.75 Å². The molecule has 5 rings (SSSR count). The normalized spacial score (nSPS) is 28.9. The number of benzene rings is 1. The number of nitrogens with one attached hydrogen (secondary N) is 1. The number of rotatable bonds is 3. The molecule has 1 N–H and O–H groups in total. The number of sulfonamides is 1. The zero-order chi connectivity index (χ0) is 23.8. The Morgan fingerprint density at radius 2 is 1.82 bits per heavy atom. The van der Waals surface area contributed by atoms with Gasteiger partial charge in [0.25, 0.3) is 5.91 Å². The zero-order valence-electron chi connectivity index (χ0n) is 20.3. The molecule has 3 heterocycles. The molecule has 184 valence electrons. The lowest BCUT2D eigenvalue weighted by molar-refractivity contribution is -0.140. The van der Waals surface area contributed by atoms with Crippen molar-refractivity contribution in [2.75, 3.05) is 19.8 Å². The molecule has 7 nitrogen and oxygen atoms in total. The van der Waals surface area contributed by atoms with Gasteiger partial charge in [0.1, 0.15) is 5.75 Å². The van der Waals surface area contributed by atoms with Crippen molar-refractivity contribution in [3.05, 3.63) is 28.8 Å². The predicted molar refractivity (Wildman–Crippen MR) is 128 cm³/mol. The fraction of sp³-hybridized carbons (Fsp3) is 0.720. The minimum absolute atomic E-state index is 0.0498. The van der Waals surface area contributed by atoms with E-state index in [9.17, 15) is 13.2 Å². The molecule has 1 saturated carbocycles. The van der Waals surface area contributed by atoms with E-state index >= 15 is 0 Å².